The molecule has 72 valence electrons. The van der Waals surface area contributed by atoms with Crippen molar-refractivity contribution >= 4 is 0 Å². The van der Waals surface area contributed by atoms with E-state index in [1.807, 2.05) is 19.1 Å². The number of nitrogens with two attached hydrogens (primary N) is 2. The Morgan fingerprint density at radius 1 is 1.31 bits per heavy atom. The van der Waals surface area contributed by atoms with E-state index >= 15 is 0 Å². The number of rotatable bonds is 3. The third-order valence-corrected chi connectivity index (χ3v) is 2.17. The van der Waals surface area contributed by atoms with Crippen molar-refractivity contribution in [2.45, 2.75) is 25.4 Å². The van der Waals surface area contributed by atoms with Gasteiger partial charge in [0, 0.05) is 6.42 Å². The molecule has 0 heterocycles. The molecule has 0 aromatic heterocycles. The Balaban J connectivity index is 2.80. The largest absolute Gasteiger partial charge is 0.508 e. The van der Waals surface area contributed by atoms with Gasteiger partial charge in [-0.25, -0.2) is 0 Å². The highest BCUT2D eigenvalue weighted by Gasteiger charge is 2.18. The summed E-state index contributed by atoms with van der Waals surface area (Å²) in [6.07, 6.45) is 1.18. The SMILES string of the molecule is CCC(N)(N)Cc1ccccc1O. The Labute approximate surface area is 78.4 Å². The summed E-state index contributed by atoms with van der Waals surface area (Å²) in [7, 11) is 0. The second-order valence-corrected chi connectivity index (χ2v) is 3.39. The molecule has 3 nitrogen and oxygen atoms in total. The van der Waals surface area contributed by atoms with Gasteiger partial charge in [0.2, 0.25) is 0 Å². The van der Waals surface area contributed by atoms with E-state index in [2.05, 4.69) is 0 Å². The summed E-state index contributed by atoms with van der Waals surface area (Å²) in [6.45, 7) is 1.93. The zero-order chi connectivity index (χ0) is 9.90. The molecular formula is C10H16N2O. The topological polar surface area (TPSA) is 72.3 Å². The van der Waals surface area contributed by atoms with Crippen LogP contribution in [0, 0.1) is 0 Å². The fourth-order valence-corrected chi connectivity index (χ4v) is 1.14. The fourth-order valence-electron chi connectivity index (χ4n) is 1.14. The molecular weight excluding hydrogens is 164 g/mol. The highest BCUT2D eigenvalue weighted by molar-refractivity contribution is 5.32. The third kappa shape index (κ3) is 2.72. The van der Waals surface area contributed by atoms with Gasteiger partial charge in [0.05, 0.1) is 5.66 Å². The third-order valence-electron chi connectivity index (χ3n) is 2.17. The van der Waals surface area contributed by atoms with Gasteiger partial charge in [-0.15, -0.1) is 0 Å². The molecule has 0 saturated heterocycles. The molecule has 13 heavy (non-hydrogen) atoms. The first kappa shape index (κ1) is 10.0. The summed E-state index contributed by atoms with van der Waals surface area (Å²) in [6, 6.07) is 7.11. The highest BCUT2D eigenvalue weighted by atomic mass is 16.3. The number of hydrogen-bond acceptors (Lipinski definition) is 3. The summed E-state index contributed by atoms with van der Waals surface area (Å²) in [5.41, 5.74) is 11.6. The van der Waals surface area contributed by atoms with Crippen LogP contribution in [0.15, 0.2) is 24.3 Å². The van der Waals surface area contributed by atoms with Gasteiger partial charge in [0.15, 0.2) is 0 Å². The molecule has 0 spiro atoms. The van der Waals surface area contributed by atoms with Gasteiger partial charge in [0.25, 0.3) is 0 Å². The van der Waals surface area contributed by atoms with E-state index in [1.54, 1.807) is 12.1 Å². The van der Waals surface area contributed by atoms with Gasteiger partial charge < -0.3 is 16.6 Å². The van der Waals surface area contributed by atoms with Crippen LogP contribution in [0.5, 0.6) is 5.75 Å². The Morgan fingerprint density at radius 2 is 1.92 bits per heavy atom. The summed E-state index contributed by atoms with van der Waals surface area (Å²) in [4.78, 5) is 0. The van der Waals surface area contributed by atoms with Crippen molar-refractivity contribution in [1.29, 1.82) is 0 Å². The minimum absolute atomic E-state index is 0.260. The van der Waals surface area contributed by atoms with E-state index in [0.717, 1.165) is 5.56 Å². The molecule has 0 atom stereocenters. The summed E-state index contributed by atoms with van der Waals surface area (Å²) in [5.74, 6) is 0.260. The van der Waals surface area contributed by atoms with Crippen LogP contribution in [0.1, 0.15) is 18.9 Å². The van der Waals surface area contributed by atoms with E-state index in [1.165, 1.54) is 0 Å². The average molecular weight is 180 g/mol. The summed E-state index contributed by atoms with van der Waals surface area (Å²) >= 11 is 0. The van der Waals surface area contributed by atoms with Crippen LogP contribution in [0.3, 0.4) is 0 Å². The lowest BCUT2D eigenvalue weighted by Gasteiger charge is -2.22. The molecule has 0 aliphatic carbocycles. The van der Waals surface area contributed by atoms with E-state index in [4.69, 9.17) is 11.5 Å². The number of para-hydroxylation sites is 1. The number of aromatic hydroxyl groups is 1. The highest BCUT2D eigenvalue weighted by Crippen LogP contribution is 2.19. The van der Waals surface area contributed by atoms with E-state index < -0.39 is 5.66 Å². The normalized spacial score (nSPS) is 11.6. The first-order valence-electron chi connectivity index (χ1n) is 4.40. The van der Waals surface area contributed by atoms with Gasteiger partial charge in [-0.2, -0.15) is 0 Å². The Morgan fingerprint density at radius 3 is 2.46 bits per heavy atom. The smallest absolute Gasteiger partial charge is 0.118 e. The zero-order valence-electron chi connectivity index (χ0n) is 7.83. The maximum atomic E-state index is 9.46. The van der Waals surface area contributed by atoms with Crippen LogP contribution in [-0.4, -0.2) is 10.8 Å². The molecule has 0 fully saturated rings. The van der Waals surface area contributed by atoms with Gasteiger partial charge in [-0.1, -0.05) is 25.1 Å². The average Bonchev–Trinajstić information content (AvgIpc) is 2.09. The first-order chi connectivity index (χ1) is 6.05. The molecule has 3 heteroatoms. The van der Waals surface area contributed by atoms with Crippen LogP contribution in [0.4, 0.5) is 0 Å². The lowest BCUT2D eigenvalue weighted by Crippen LogP contribution is -2.50. The molecule has 0 aliphatic rings. The molecule has 0 amide bonds. The van der Waals surface area contributed by atoms with Crippen molar-refractivity contribution in [3.8, 4) is 5.75 Å². The van der Waals surface area contributed by atoms with E-state index in [-0.39, 0.29) is 5.75 Å². The standard InChI is InChI=1S/C10H16N2O/c1-2-10(11,12)7-8-5-3-4-6-9(8)13/h3-6,13H,2,7,11-12H2,1H3. The quantitative estimate of drug-likeness (QED) is 0.607. The molecule has 1 rings (SSSR count). The number of benzene rings is 1. The number of hydrogen-bond donors (Lipinski definition) is 3. The zero-order valence-corrected chi connectivity index (χ0v) is 7.83. The first-order valence-corrected chi connectivity index (χ1v) is 4.40. The molecule has 0 bridgehead atoms. The van der Waals surface area contributed by atoms with E-state index in [0.29, 0.717) is 12.8 Å². The molecule has 0 radical (unpaired) electrons. The number of phenolic OH excluding ortho intramolecular Hbond substituents is 1. The maximum absolute atomic E-state index is 9.46. The number of phenols is 1. The Hall–Kier alpha value is -1.06. The molecule has 0 saturated carbocycles. The minimum Gasteiger partial charge on any atom is -0.508 e. The van der Waals surface area contributed by atoms with Gasteiger partial charge in [-0.05, 0) is 18.1 Å². The van der Waals surface area contributed by atoms with Crippen molar-refractivity contribution in [2.24, 2.45) is 11.5 Å². The van der Waals surface area contributed by atoms with Crippen LogP contribution in [-0.2, 0) is 6.42 Å². The van der Waals surface area contributed by atoms with Gasteiger partial charge in [0.1, 0.15) is 5.75 Å². The molecule has 0 aliphatic heterocycles. The molecule has 0 unspecified atom stereocenters. The van der Waals surface area contributed by atoms with Gasteiger partial charge >= 0.3 is 0 Å². The van der Waals surface area contributed by atoms with Crippen LogP contribution >= 0.6 is 0 Å². The molecule has 5 N–H and O–H groups in total. The fraction of sp³-hybridized carbons (Fsp3) is 0.400. The van der Waals surface area contributed by atoms with Crippen molar-refractivity contribution < 1.29 is 5.11 Å². The maximum Gasteiger partial charge on any atom is 0.118 e. The Bertz CT molecular complexity index is 284. The van der Waals surface area contributed by atoms with Crippen molar-refractivity contribution in [3.05, 3.63) is 29.8 Å². The van der Waals surface area contributed by atoms with Crippen molar-refractivity contribution in [2.75, 3.05) is 0 Å². The van der Waals surface area contributed by atoms with E-state index in [9.17, 15) is 5.11 Å². The summed E-state index contributed by atoms with van der Waals surface area (Å²) < 4.78 is 0. The lowest BCUT2D eigenvalue weighted by atomic mass is 9.98. The monoisotopic (exact) mass is 180 g/mol. The van der Waals surface area contributed by atoms with Gasteiger partial charge in [-0.3, -0.25) is 0 Å². The van der Waals surface area contributed by atoms with Crippen LogP contribution < -0.4 is 11.5 Å². The second-order valence-electron chi connectivity index (χ2n) is 3.39. The summed E-state index contributed by atoms with van der Waals surface area (Å²) in [5, 5.41) is 9.46. The van der Waals surface area contributed by atoms with Crippen molar-refractivity contribution in [3.63, 3.8) is 0 Å². The van der Waals surface area contributed by atoms with Crippen LogP contribution in [0.25, 0.3) is 0 Å². The van der Waals surface area contributed by atoms with Crippen molar-refractivity contribution in [1.82, 2.24) is 0 Å². The molecule has 1 aromatic carbocycles. The van der Waals surface area contributed by atoms with Crippen LogP contribution in [0.2, 0.25) is 0 Å². The lowest BCUT2D eigenvalue weighted by molar-refractivity contribution is 0.407. The minimum atomic E-state index is -0.723. The predicted octanol–water partition coefficient (Wildman–Crippen LogP) is 0.958. The second kappa shape index (κ2) is 3.77. The molecule has 1 aromatic rings. The Kier molecular flexibility index (Phi) is 2.90. The predicted molar refractivity (Wildman–Crippen MR) is 53.2 cm³/mol.